The van der Waals surface area contributed by atoms with Crippen molar-refractivity contribution in [3.05, 3.63) is 64.5 Å². The molecule has 0 saturated heterocycles. The SMILES string of the molecule is Cc1cc(C(O)c2ccccc2F)cc2c1NC(=O)C2. The second kappa shape index (κ2) is 4.72. The van der Waals surface area contributed by atoms with E-state index in [1.54, 1.807) is 30.3 Å². The molecule has 0 bridgehead atoms. The number of aliphatic hydroxyl groups excluding tert-OH is 1. The van der Waals surface area contributed by atoms with E-state index in [2.05, 4.69) is 5.32 Å². The van der Waals surface area contributed by atoms with E-state index in [-0.39, 0.29) is 11.5 Å². The predicted octanol–water partition coefficient (Wildman–Crippen LogP) is 2.71. The van der Waals surface area contributed by atoms with Gasteiger partial charge in [-0.25, -0.2) is 4.39 Å². The summed E-state index contributed by atoms with van der Waals surface area (Å²) in [6, 6.07) is 9.70. The van der Waals surface area contributed by atoms with Gasteiger partial charge < -0.3 is 10.4 Å². The Morgan fingerprint density at radius 2 is 2.05 bits per heavy atom. The van der Waals surface area contributed by atoms with Gasteiger partial charge in [-0.2, -0.15) is 0 Å². The third kappa shape index (κ3) is 2.08. The van der Waals surface area contributed by atoms with Gasteiger partial charge in [0.05, 0.1) is 6.42 Å². The maximum atomic E-state index is 13.7. The normalized spacial score (nSPS) is 14.8. The third-order valence-corrected chi connectivity index (χ3v) is 3.57. The zero-order valence-corrected chi connectivity index (χ0v) is 11.0. The Balaban J connectivity index is 2.04. The highest BCUT2D eigenvalue weighted by atomic mass is 19.1. The first-order valence-electron chi connectivity index (χ1n) is 6.42. The zero-order chi connectivity index (χ0) is 14.3. The average molecular weight is 271 g/mol. The van der Waals surface area contributed by atoms with Gasteiger partial charge in [0.25, 0.3) is 0 Å². The number of carbonyl (C=O) groups is 1. The lowest BCUT2D eigenvalue weighted by molar-refractivity contribution is -0.115. The van der Waals surface area contributed by atoms with Gasteiger partial charge in [-0.15, -0.1) is 0 Å². The molecule has 20 heavy (non-hydrogen) atoms. The summed E-state index contributed by atoms with van der Waals surface area (Å²) in [6.07, 6.45) is -0.732. The van der Waals surface area contributed by atoms with Crippen LogP contribution in [0.5, 0.6) is 0 Å². The molecule has 1 amide bonds. The van der Waals surface area contributed by atoms with E-state index in [0.717, 1.165) is 16.8 Å². The first-order chi connectivity index (χ1) is 9.56. The molecular weight excluding hydrogens is 257 g/mol. The molecule has 1 unspecified atom stereocenters. The van der Waals surface area contributed by atoms with E-state index < -0.39 is 11.9 Å². The number of benzene rings is 2. The highest BCUT2D eigenvalue weighted by Gasteiger charge is 2.23. The van der Waals surface area contributed by atoms with E-state index in [1.165, 1.54) is 6.07 Å². The van der Waals surface area contributed by atoms with Gasteiger partial charge in [-0.05, 0) is 29.7 Å². The maximum Gasteiger partial charge on any atom is 0.228 e. The third-order valence-electron chi connectivity index (χ3n) is 3.57. The molecule has 0 fully saturated rings. The molecule has 2 aromatic carbocycles. The van der Waals surface area contributed by atoms with Crippen LogP contribution in [0.1, 0.15) is 28.4 Å². The van der Waals surface area contributed by atoms with Crippen molar-refractivity contribution >= 4 is 11.6 Å². The van der Waals surface area contributed by atoms with Gasteiger partial charge in [0.15, 0.2) is 0 Å². The first kappa shape index (κ1) is 12.8. The standard InChI is InChI=1S/C16H14FNO2/c1-9-6-11(7-10-8-14(19)18-15(9)10)16(20)12-4-2-3-5-13(12)17/h2-7,16,20H,8H2,1H3,(H,18,19). The lowest BCUT2D eigenvalue weighted by Crippen LogP contribution is -2.04. The monoisotopic (exact) mass is 271 g/mol. The first-order valence-corrected chi connectivity index (χ1v) is 6.42. The van der Waals surface area contributed by atoms with Crippen LogP contribution in [-0.4, -0.2) is 11.0 Å². The molecule has 0 aromatic heterocycles. The minimum atomic E-state index is -1.03. The largest absolute Gasteiger partial charge is 0.384 e. The molecule has 2 N–H and O–H groups in total. The van der Waals surface area contributed by atoms with Crippen LogP contribution >= 0.6 is 0 Å². The van der Waals surface area contributed by atoms with Crippen molar-refractivity contribution in [2.24, 2.45) is 0 Å². The predicted molar refractivity (Wildman–Crippen MR) is 74.0 cm³/mol. The number of fused-ring (bicyclic) bond motifs is 1. The number of amides is 1. The van der Waals surface area contributed by atoms with Crippen LogP contribution < -0.4 is 5.32 Å². The Bertz CT molecular complexity index is 697. The second-order valence-electron chi connectivity index (χ2n) is 5.02. The van der Waals surface area contributed by atoms with Crippen molar-refractivity contribution in [3.63, 3.8) is 0 Å². The summed E-state index contributed by atoms with van der Waals surface area (Å²) in [5, 5.41) is 13.1. The minimum Gasteiger partial charge on any atom is -0.384 e. The number of nitrogens with one attached hydrogen (secondary N) is 1. The van der Waals surface area contributed by atoms with Crippen molar-refractivity contribution < 1.29 is 14.3 Å². The minimum absolute atomic E-state index is 0.0550. The summed E-state index contributed by atoms with van der Waals surface area (Å²) < 4.78 is 13.7. The van der Waals surface area contributed by atoms with Gasteiger partial charge in [-0.1, -0.05) is 30.3 Å². The fourth-order valence-corrected chi connectivity index (χ4v) is 2.60. The Labute approximate surface area is 116 Å². The number of aliphatic hydroxyl groups is 1. The van der Waals surface area contributed by atoms with E-state index in [9.17, 15) is 14.3 Å². The van der Waals surface area contributed by atoms with Crippen LogP contribution in [-0.2, 0) is 11.2 Å². The lowest BCUT2D eigenvalue weighted by atomic mass is 9.96. The Morgan fingerprint density at radius 3 is 2.80 bits per heavy atom. The number of anilines is 1. The molecule has 3 nitrogen and oxygen atoms in total. The van der Waals surface area contributed by atoms with Crippen LogP contribution in [0.15, 0.2) is 36.4 Å². The summed E-state index contributed by atoms with van der Waals surface area (Å²) in [6.45, 7) is 1.86. The summed E-state index contributed by atoms with van der Waals surface area (Å²) >= 11 is 0. The van der Waals surface area contributed by atoms with Crippen LogP contribution in [0.3, 0.4) is 0 Å². The number of halogens is 1. The molecule has 0 radical (unpaired) electrons. The van der Waals surface area contributed by atoms with Gasteiger partial charge in [0.1, 0.15) is 11.9 Å². The van der Waals surface area contributed by atoms with Crippen molar-refractivity contribution in [1.29, 1.82) is 0 Å². The Kier molecular flexibility index (Phi) is 3.03. The highest BCUT2D eigenvalue weighted by molar-refractivity contribution is 6.00. The lowest BCUT2D eigenvalue weighted by Gasteiger charge is -2.15. The van der Waals surface area contributed by atoms with Crippen LogP contribution in [0.25, 0.3) is 0 Å². The number of hydrogen-bond acceptors (Lipinski definition) is 2. The van der Waals surface area contributed by atoms with E-state index >= 15 is 0 Å². The highest BCUT2D eigenvalue weighted by Crippen LogP contribution is 2.33. The fourth-order valence-electron chi connectivity index (χ4n) is 2.60. The van der Waals surface area contributed by atoms with E-state index in [4.69, 9.17) is 0 Å². The molecular formula is C16H14FNO2. The molecule has 102 valence electrons. The van der Waals surface area contributed by atoms with Crippen LogP contribution in [0.2, 0.25) is 0 Å². The summed E-state index contributed by atoms with van der Waals surface area (Å²) in [5.74, 6) is -0.493. The fraction of sp³-hybridized carbons (Fsp3) is 0.188. The van der Waals surface area contributed by atoms with Gasteiger partial charge in [0, 0.05) is 11.3 Å². The second-order valence-corrected chi connectivity index (χ2v) is 5.02. The van der Waals surface area contributed by atoms with E-state index in [1.807, 2.05) is 6.92 Å². The Hall–Kier alpha value is -2.20. The molecule has 1 heterocycles. The number of rotatable bonds is 2. The molecule has 2 aromatic rings. The zero-order valence-electron chi connectivity index (χ0n) is 11.0. The van der Waals surface area contributed by atoms with Crippen molar-refractivity contribution in [1.82, 2.24) is 0 Å². The van der Waals surface area contributed by atoms with Crippen LogP contribution in [0.4, 0.5) is 10.1 Å². The molecule has 4 heteroatoms. The maximum absolute atomic E-state index is 13.7. The van der Waals surface area contributed by atoms with Gasteiger partial charge in [0.2, 0.25) is 5.91 Å². The molecule has 0 saturated carbocycles. The summed E-state index contributed by atoms with van der Waals surface area (Å²) in [4.78, 5) is 11.4. The molecule has 1 aliphatic heterocycles. The average Bonchev–Trinajstić information content (AvgIpc) is 2.79. The topological polar surface area (TPSA) is 49.3 Å². The number of aryl methyl sites for hydroxylation is 1. The molecule has 1 aliphatic rings. The van der Waals surface area contributed by atoms with Crippen molar-refractivity contribution in [3.8, 4) is 0 Å². The van der Waals surface area contributed by atoms with Gasteiger partial charge >= 0.3 is 0 Å². The molecule has 0 aliphatic carbocycles. The molecule has 1 atom stereocenters. The smallest absolute Gasteiger partial charge is 0.228 e. The molecule has 3 rings (SSSR count). The van der Waals surface area contributed by atoms with E-state index in [0.29, 0.717) is 12.0 Å². The van der Waals surface area contributed by atoms with Crippen molar-refractivity contribution in [2.45, 2.75) is 19.4 Å². The van der Waals surface area contributed by atoms with Crippen molar-refractivity contribution in [2.75, 3.05) is 5.32 Å². The van der Waals surface area contributed by atoms with Gasteiger partial charge in [-0.3, -0.25) is 4.79 Å². The molecule has 0 spiro atoms. The summed E-state index contributed by atoms with van der Waals surface area (Å²) in [5.41, 5.74) is 3.37. The number of hydrogen-bond donors (Lipinski definition) is 2. The Morgan fingerprint density at radius 1 is 1.30 bits per heavy atom. The summed E-state index contributed by atoms with van der Waals surface area (Å²) in [7, 11) is 0. The quantitative estimate of drug-likeness (QED) is 0.882. The van der Waals surface area contributed by atoms with Crippen LogP contribution in [0, 0.1) is 12.7 Å². The number of carbonyl (C=O) groups excluding carboxylic acids is 1.